The van der Waals surface area contributed by atoms with Gasteiger partial charge in [-0.15, -0.1) is 0 Å². The first-order valence-electron chi connectivity index (χ1n) is 8.02. The molecule has 1 aliphatic carbocycles. The van der Waals surface area contributed by atoms with E-state index in [1.807, 2.05) is 12.3 Å². The minimum absolute atomic E-state index is 0.684. The Morgan fingerprint density at radius 1 is 1.35 bits per heavy atom. The highest BCUT2D eigenvalue weighted by Gasteiger charge is 2.28. The summed E-state index contributed by atoms with van der Waals surface area (Å²) < 4.78 is 0. The molecule has 3 unspecified atom stereocenters. The lowest BCUT2D eigenvalue weighted by Crippen LogP contribution is -2.44. The maximum absolute atomic E-state index is 4.46. The van der Waals surface area contributed by atoms with Crippen molar-refractivity contribution in [2.24, 2.45) is 11.8 Å². The minimum atomic E-state index is 0.684. The van der Waals surface area contributed by atoms with Crippen molar-refractivity contribution in [2.45, 2.75) is 45.7 Å². The van der Waals surface area contributed by atoms with Crippen LogP contribution in [0.15, 0.2) is 24.4 Å². The second-order valence-corrected chi connectivity index (χ2v) is 6.22. The normalized spacial score (nSPS) is 26.9. The summed E-state index contributed by atoms with van der Waals surface area (Å²) in [6.07, 6.45) is 5.93. The minimum Gasteiger partial charge on any atom is -0.317 e. The number of nitrogens with one attached hydrogen (secondary N) is 1. The third-order valence-electron chi connectivity index (χ3n) is 4.67. The number of nitrogens with zero attached hydrogens (tertiary/aromatic N) is 2. The van der Waals surface area contributed by atoms with Gasteiger partial charge in [0.1, 0.15) is 0 Å². The van der Waals surface area contributed by atoms with Crippen molar-refractivity contribution >= 4 is 0 Å². The van der Waals surface area contributed by atoms with Crippen molar-refractivity contribution in [3.8, 4) is 0 Å². The lowest BCUT2D eigenvalue weighted by molar-refractivity contribution is 0.147. The van der Waals surface area contributed by atoms with Crippen molar-refractivity contribution < 1.29 is 0 Å². The lowest BCUT2D eigenvalue weighted by Gasteiger charge is -2.37. The molecule has 112 valence electrons. The number of pyridine rings is 1. The van der Waals surface area contributed by atoms with E-state index in [1.165, 1.54) is 31.5 Å². The van der Waals surface area contributed by atoms with Gasteiger partial charge in [-0.3, -0.25) is 9.88 Å². The summed E-state index contributed by atoms with van der Waals surface area (Å²) in [5, 5.41) is 3.53. The summed E-state index contributed by atoms with van der Waals surface area (Å²) in [6, 6.07) is 6.88. The Hall–Kier alpha value is -0.930. The molecule has 0 aromatic carbocycles. The summed E-state index contributed by atoms with van der Waals surface area (Å²) in [6.45, 7) is 7.90. The van der Waals surface area contributed by atoms with Crippen LogP contribution in [0.3, 0.4) is 0 Å². The zero-order valence-electron chi connectivity index (χ0n) is 13.2. The zero-order chi connectivity index (χ0) is 14.4. The highest BCUT2D eigenvalue weighted by atomic mass is 15.1. The second-order valence-electron chi connectivity index (χ2n) is 6.22. The van der Waals surface area contributed by atoms with Crippen LogP contribution in [0.4, 0.5) is 0 Å². The largest absolute Gasteiger partial charge is 0.317 e. The van der Waals surface area contributed by atoms with Crippen LogP contribution >= 0.6 is 0 Å². The number of rotatable bonds is 6. The second kappa shape index (κ2) is 7.75. The molecule has 1 heterocycles. The van der Waals surface area contributed by atoms with Gasteiger partial charge in [0, 0.05) is 25.3 Å². The molecular weight excluding hydrogens is 246 g/mol. The van der Waals surface area contributed by atoms with Crippen molar-refractivity contribution in [2.75, 3.05) is 20.1 Å². The Balaban J connectivity index is 1.94. The molecule has 3 heteroatoms. The van der Waals surface area contributed by atoms with E-state index in [1.54, 1.807) is 0 Å². The molecule has 1 aliphatic rings. The predicted molar refractivity (Wildman–Crippen MR) is 84.5 cm³/mol. The highest BCUT2D eigenvalue weighted by molar-refractivity contribution is 5.03. The average Bonchev–Trinajstić information content (AvgIpc) is 2.48. The molecule has 0 amide bonds. The van der Waals surface area contributed by atoms with Crippen molar-refractivity contribution in [1.29, 1.82) is 0 Å². The summed E-state index contributed by atoms with van der Waals surface area (Å²) in [5.41, 5.74) is 1.18. The molecule has 0 radical (unpaired) electrons. The summed E-state index contributed by atoms with van der Waals surface area (Å²) in [7, 11) is 2.11. The smallest absolute Gasteiger partial charge is 0.0543 e. The molecule has 0 saturated heterocycles. The van der Waals surface area contributed by atoms with Crippen LogP contribution in [-0.2, 0) is 6.54 Å². The van der Waals surface area contributed by atoms with E-state index in [2.05, 4.69) is 48.2 Å². The summed E-state index contributed by atoms with van der Waals surface area (Å²) >= 11 is 0. The molecule has 1 saturated carbocycles. The quantitative estimate of drug-likeness (QED) is 0.865. The van der Waals surface area contributed by atoms with Crippen molar-refractivity contribution in [1.82, 2.24) is 15.2 Å². The molecule has 0 bridgehead atoms. The van der Waals surface area contributed by atoms with Crippen LogP contribution in [0, 0.1) is 11.8 Å². The molecule has 0 aliphatic heterocycles. The van der Waals surface area contributed by atoms with Crippen molar-refractivity contribution in [3.05, 3.63) is 30.1 Å². The molecular formula is C17H29N3. The zero-order valence-corrected chi connectivity index (χ0v) is 13.2. The first kappa shape index (κ1) is 15.5. The van der Waals surface area contributed by atoms with E-state index >= 15 is 0 Å². The number of hydrogen-bond acceptors (Lipinski definition) is 3. The topological polar surface area (TPSA) is 28.2 Å². The standard InChI is InChI=1S/C17H29N3/c1-4-20(13-16-7-5-6-10-19-16)12-15-11-14(2)8-9-17(15)18-3/h5-7,10,14-15,17-18H,4,8-9,11-13H2,1-3H3. The molecule has 1 fully saturated rings. The van der Waals surface area contributed by atoms with Gasteiger partial charge in [0.15, 0.2) is 0 Å². The van der Waals surface area contributed by atoms with E-state index < -0.39 is 0 Å². The maximum atomic E-state index is 4.46. The molecule has 3 nitrogen and oxygen atoms in total. The van der Waals surface area contributed by atoms with Gasteiger partial charge in [-0.1, -0.05) is 19.9 Å². The molecule has 1 aromatic heterocycles. The van der Waals surface area contributed by atoms with E-state index in [4.69, 9.17) is 0 Å². The Bertz CT molecular complexity index is 379. The Labute approximate surface area is 123 Å². The fourth-order valence-corrected chi connectivity index (χ4v) is 3.44. The van der Waals surface area contributed by atoms with Crippen LogP contribution < -0.4 is 5.32 Å². The van der Waals surface area contributed by atoms with Gasteiger partial charge < -0.3 is 5.32 Å². The van der Waals surface area contributed by atoms with E-state index in [0.29, 0.717) is 6.04 Å². The maximum Gasteiger partial charge on any atom is 0.0543 e. The van der Waals surface area contributed by atoms with Gasteiger partial charge >= 0.3 is 0 Å². The SMILES string of the molecule is CCN(Cc1ccccn1)CC1CC(C)CCC1NC. The van der Waals surface area contributed by atoms with E-state index in [0.717, 1.165) is 24.9 Å². The van der Waals surface area contributed by atoms with Crippen LogP contribution in [0.25, 0.3) is 0 Å². The number of aromatic nitrogens is 1. The van der Waals surface area contributed by atoms with Gasteiger partial charge in [0.2, 0.25) is 0 Å². The first-order chi connectivity index (χ1) is 9.72. The van der Waals surface area contributed by atoms with Gasteiger partial charge in [0.25, 0.3) is 0 Å². The highest BCUT2D eigenvalue weighted by Crippen LogP contribution is 2.29. The van der Waals surface area contributed by atoms with E-state index in [9.17, 15) is 0 Å². The molecule has 1 aromatic rings. The Morgan fingerprint density at radius 2 is 2.20 bits per heavy atom. The van der Waals surface area contributed by atoms with Gasteiger partial charge in [0.05, 0.1) is 5.69 Å². The monoisotopic (exact) mass is 275 g/mol. The van der Waals surface area contributed by atoms with E-state index in [-0.39, 0.29) is 0 Å². The molecule has 20 heavy (non-hydrogen) atoms. The van der Waals surface area contributed by atoms with Crippen LogP contribution in [-0.4, -0.2) is 36.1 Å². The summed E-state index contributed by atoms with van der Waals surface area (Å²) in [5.74, 6) is 1.64. The fourth-order valence-electron chi connectivity index (χ4n) is 3.44. The molecule has 0 spiro atoms. The predicted octanol–water partition coefficient (Wildman–Crippen LogP) is 2.93. The van der Waals surface area contributed by atoms with Crippen molar-refractivity contribution in [3.63, 3.8) is 0 Å². The molecule has 1 N–H and O–H groups in total. The summed E-state index contributed by atoms with van der Waals surface area (Å²) in [4.78, 5) is 6.99. The van der Waals surface area contributed by atoms with Gasteiger partial charge in [-0.2, -0.15) is 0 Å². The third kappa shape index (κ3) is 4.29. The van der Waals surface area contributed by atoms with Gasteiger partial charge in [-0.25, -0.2) is 0 Å². The van der Waals surface area contributed by atoms with Crippen LogP contribution in [0.5, 0.6) is 0 Å². The third-order valence-corrected chi connectivity index (χ3v) is 4.67. The first-order valence-corrected chi connectivity index (χ1v) is 8.02. The van der Waals surface area contributed by atoms with Crippen LogP contribution in [0.2, 0.25) is 0 Å². The van der Waals surface area contributed by atoms with Crippen LogP contribution in [0.1, 0.15) is 38.8 Å². The van der Waals surface area contributed by atoms with Gasteiger partial charge in [-0.05, 0) is 56.8 Å². The number of hydrogen-bond donors (Lipinski definition) is 1. The fraction of sp³-hybridized carbons (Fsp3) is 0.706. The lowest BCUT2D eigenvalue weighted by atomic mass is 9.78. The molecule has 3 atom stereocenters. The Morgan fingerprint density at radius 3 is 2.85 bits per heavy atom. The Kier molecular flexibility index (Phi) is 5.99. The average molecular weight is 275 g/mol. The molecule has 2 rings (SSSR count).